The second-order valence-electron chi connectivity index (χ2n) is 5.74. The van der Waals surface area contributed by atoms with E-state index in [0.29, 0.717) is 5.41 Å². The van der Waals surface area contributed by atoms with Crippen LogP contribution in [0.2, 0.25) is 0 Å². The van der Waals surface area contributed by atoms with Gasteiger partial charge in [-0.3, -0.25) is 0 Å². The maximum atomic E-state index is 2.41. The van der Waals surface area contributed by atoms with Crippen LogP contribution in [0.1, 0.15) is 43.0 Å². The second kappa shape index (κ2) is 3.79. The SMILES string of the molecule is C[C]1C=Cc2cc3c(cc21)CC(C)(C)C3.[LiH]. The standard InChI is InChI=1S/C15H17.Li.H/c1-10-4-5-11-6-12-8-15(2,3)9-13(12)7-14(10)11;;/h4-7H,8-9H2,1-3H3;;. The van der Waals surface area contributed by atoms with Gasteiger partial charge in [-0.1, -0.05) is 45.1 Å². The molecule has 0 aromatic heterocycles. The molecule has 79 valence electrons. The first-order valence-corrected chi connectivity index (χ1v) is 5.73. The molecule has 0 bridgehead atoms. The summed E-state index contributed by atoms with van der Waals surface area (Å²) in [6, 6.07) is 4.81. The summed E-state index contributed by atoms with van der Waals surface area (Å²) in [4.78, 5) is 0. The predicted molar refractivity (Wildman–Crippen MR) is 71.8 cm³/mol. The molecule has 0 N–H and O–H groups in total. The van der Waals surface area contributed by atoms with E-state index in [2.05, 4.69) is 45.1 Å². The Bertz CT molecular complexity index is 455. The van der Waals surface area contributed by atoms with Crippen molar-refractivity contribution in [1.29, 1.82) is 0 Å². The first-order chi connectivity index (χ1) is 7.05. The monoisotopic (exact) mass is 205 g/mol. The molecule has 0 heterocycles. The molecule has 1 radical (unpaired) electrons. The molecule has 0 nitrogen and oxygen atoms in total. The van der Waals surface area contributed by atoms with Gasteiger partial charge in [-0.25, -0.2) is 0 Å². The number of benzene rings is 1. The van der Waals surface area contributed by atoms with Gasteiger partial charge in [-0.15, -0.1) is 0 Å². The third-order valence-electron chi connectivity index (χ3n) is 3.65. The molecule has 16 heavy (non-hydrogen) atoms. The van der Waals surface area contributed by atoms with Crippen molar-refractivity contribution in [2.45, 2.75) is 33.6 Å². The fourth-order valence-electron chi connectivity index (χ4n) is 2.92. The first-order valence-electron chi connectivity index (χ1n) is 5.73. The topological polar surface area (TPSA) is 0 Å². The quantitative estimate of drug-likeness (QED) is 0.571. The van der Waals surface area contributed by atoms with E-state index in [9.17, 15) is 0 Å². The van der Waals surface area contributed by atoms with Gasteiger partial charge in [0.1, 0.15) is 0 Å². The van der Waals surface area contributed by atoms with Crippen molar-refractivity contribution in [3.63, 3.8) is 0 Å². The van der Waals surface area contributed by atoms with Gasteiger partial charge in [0, 0.05) is 5.92 Å². The third kappa shape index (κ3) is 1.79. The Balaban J connectivity index is 0.000000963. The second-order valence-corrected chi connectivity index (χ2v) is 5.74. The number of allylic oxidation sites excluding steroid dienone is 1. The van der Waals surface area contributed by atoms with Crippen molar-refractivity contribution < 1.29 is 0 Å². The van der Waals surface area contributed by atoms with E-state index < -0.39 is 0 Å². The number of rotatable bonds is 0. The Kier molecular flexibility index (Phi) is 2.85. The Morgan fingerprint density at radius 2 is 1.62 bits per heavy atom. The molecule has 0 saturated carbocycles. The number of fused-ring (bicyclic) bond motifs is 2. The van der Waals surface area contributed by atoms with Crippen molar-refractivity contribution in [1.82, 2.24) is 0 Å². The Morgan fingerprint density at radius 3 is 2.31 bits per heavy atom. The van der Waals surface area contributed by atoms with Crippen LogP contribution >= 0.6 is 0 Å². The minimum atomic E-state index is 0. The van der Waals surface area contributed by atoms with Gasteiger partial charge in [0.2, 0.25) is 0 Å². The molecule has 0 amide bonds. The molecular formula is C15H18Li. The summed E-state index contributed by atoms with van der Waals surface area (Å²) >= 11 is 0. The zero-order valence-electron chi connectivity index (χ0n) is 9.72. The van der Waals surface area contributed by atoms with Gasteiger partial charge >= 0.3 is 18.9 Å². The molecule has 3 rings (SSSR count). The zero-order valence-corrected chi connectivity index (χ0v) is 9.72. The van der Waals surface area contributed by atoms with E-state index in [1.165, 1.54) is 29.9 Å². The van der Waals surface area contributed by atoms with Crippen molar-refractivity contribution in [3.8, 4) is 0 Å². The summed E-state index contributed by atoms with van der Waals surface area (Å²) in [5, 5.41) is 0. The third-order valence-corrected chi connectivity index (χ3v) is 3.65. The summed E-state index contributed by atoms with van der Waals surface area (Å²) in [5.41, 5.74) is 6.48. The summed E-state index contributed by atoms with van der Waals surface area (Å²) in [6.07, 6.45) is 6.95. The van der Waals surface area contributed by atoms with Crippen LogP contribution in [0.4, 0.5) is 0 Å². The normalized spacial score (nSPS) is 20.4. The molecule has 1 aromatic rings. The molecule has 1 aromatic carbocycles. The number of hydrogen-bond acceptors (Lipinski definition) is 0. The van der Waals surface area contributed by atoms with E-state index in [0.717, 1.165) is 0 Å². The van der Waals surface area contributed by atoms with E-state index in [-0.39, 0.29) is 18.9 Å². The Labute approximate surface area is 110 Å². The maximum absolute atomic E-state index is 2.41. The van der Waals surface area contributed by atoms with Crippen LogP contribution in [0.25, 0.3) is 6.08 Å². The number of hydrogen-bond donors (Lipinski definition) is 0. The molecular weight excluding hydrogens is 187 g/mol. The van der Waals surface area contributed by atoms with Crippen LogP contribution in [-0.4, -0.2) is 18.9 Å². The summed E-state index contributed by atoms with van der Waals surface area (Å²) in [7, 11) is 0. The van der Waals surface area contributed by atoms with Crippen LogP contribution in [0, 0.1) is 11.3 Å². The van der Waals surface area contributed by atoms with Gasteiger partial charge in [-0.05, 0) is 40.5 Å². The molecule has 0 unspecified atom stereocenters. The molecule has 0 saturated heterocycles. The minimum absolute atomic E-state index is 0. The van der Waals surface area contributed by atoms with E-state index in [1.54, 1.807) is 11.1 Å². The van der Waals surface area contributed by atoms with E-state index in [4.69, 9.17) is 0 Å². The van der Waals surface area contributed by atoms with Crippen LogP contribution in [-0.2, 0) is 12.8 Å². The molecule has 2 aliphatic rings. The molecule has 0 atom stereocenters. The van der Waals surface area contributed by atoms with Crippen molar-refractivity contribution in [3.05, 3.63) is 46.4 Å². The van der Waals surface area contributed by atoms with Gasteiger partial charge in [-0.2, -0.15) is 0 Å². The Hall–Kier alpha value is -0.443. The first kappa shape index (κ1) is 12.0. The molecule has 0 spiro atoms. The van der Waals surface area contributed by atoms with Crippen molar-refractivity contribution >= 4 is 24.9 Å². The molecule has 0 fully saturated rings. The van der Waals surface area contributed by atoms with Crippen LogP contribution < -0.4 is 0 Å². The van der Waals surface area contributed by atoms with Crippen LogP contribution in [0.15, 0.2) is 18.2 Å². The van der Waals surface area contributed by atoms with E-state index >= 15 is 0 Å². The fraction of sp³-hybridized carbons (Fsp3) is 0.400. The fourth-order valence-corrected chi connectivity index (χ4v) is 2.92. The van der Waals surface area contributed by atoms with E-state index in [1.807, 2.05) is 0 Å². The van der Waals surface area contributed by atoms with Gasteiger partial charge in [0.15, 0.2) is 0 Å². The van der Waals surface area contributed by atoms with Crippen molar-refractivity contribution in [2.24, 2.45) is 5.41 Å². The zero-order chi connectivity index (χ0) is 10.6. The average molecular weight is 205 g/mol. The Morgan fingerprint density at radius 1 is 1.00 bits per heavy atom. The summed E-state index contributed by atoms with van der Waals surface area (Å²) in [5.74, 6) is 1.41. The molecule has 0 aliphatic heterocycles. The average Bonchev–Trinajstić information content (AvgIpc) is 2.62. The molecule has 2 aliphatic carbocycles. The summed E-state index contributed by atoms with van der Waals surface area (Å²) in [6.45, 7) is 6.93. The van der Waals surface area contributed by atoms with Gasteiger partial charge in [0.25, 0.3) is 0 Å². The van der Waals surface area contributed by atoms with Crippen LogP contribution in [0.3, 0.4) is 0 Å². The van der Waals surface area contributed by atoms with Gasteiger partial charge < -0.3 is 0 Å². The van der Waals surface area contributed by atoms with Crippen LogP contribution in [0.5, 0.6) is 0 Å². The van der Waals surface area contributed by atoms with Crippen molar-refractivity contribution in [2.75, 3.05) is 0 Å². The van der Waals surface area contributed by atoms with Gasteiger partial charge in [0.05, 0.1) is 0 Å². The predicted octanol–water partition coefficient (Wildman–Crippen LogP) is 3.13. The summed E-state index contributed by atoms with van der Waals surface area (Å²) < 4.78 is 0. The molecule has 1 heteroatoms.